The van der Waals surface area contributed by atoms with Gasteiger partial charge in [-0.1, -0.05) is 56.3 Å². The van der Waals surface area contributed by atoms with Crippen LogP contribution in [0.5, 0.6) is 11.5 Å². The molecule has 47 heavy (non-hydrogen) atoms. The van der Waals surface area contributed by atoms with Crippen molar-refractivity contribution in [2.24, 2.45) is 11.8 Å². The first-order valence-corrected chi connectivity index (χ1v) is 17.3. The molecule has 0 radical (unpaired) electrons. The van der Waals surface area contributed by atoms with Gasteiger partial charge < -0.3 is 34.1 Å². The molecular weight excluding hydrogens is 624 g/mol. The topological polar surface area (TPSA) is 133 Å². The second kappa shape index (κ2) is 15.9. The predicted octanol–water partition coefficient (Wildman–Crippen LogP) is 4.38. The number of amides is 1. The molecule has 12 heteroatoms. The number of nitrogens with one attached hydrogen (secondary N) is 1. The van der Waals surface area contributed by atoms with Gasteiger partial charge in [-0.25, -0.2) is 13.2 Å². The van der Waals surface area contributed by atoms with Gasteiger partial charge in [-0.05, 0) is 66.3 Å². The van der Waals surface area contributed by atoms with Crippen LogP contribution in [0.2, 0.25) is 0 Å². The van der Waals surface area contributed by atoms with Crippen molar-refractivity contribution in [3.63, 3.8) is 0 Å². The lowest BCUT2D eigenvalue weighted by Gasteiger charge is -2.31. The summed E-state index contributed by atoms with van der Waals surface area (Å²) in [6.07, 6.45) is -1.92. The fourth-order valence-electron chi connectivity index (χ4n) is 5.78. The average Bonchev–Trinajstić information content (AvgIpc) is 3.69. The lowest BCUT2D eigenvalue weighted by atomic mass is 10.0. The van der Waals surface area contributed by atoms with Crippen molar-refractivity contribution in [1.29, 1.82) is 0 Å². The van der Waals surface area contributed by atoms with Crippen molar-refractivity contribution in [3.05, 3.63) is 90.0 Å². The monoisotopic (exact) mass is 668 g/mol. The van der Waals surface area contributed by atoms with Gasteiger partial charge >= 0.3 is 6.09 Å². The molecule has 0 aromatic heterocycles. The summed E-state index contributed by atoms with van der Waals surface area (Å²) in [6.45, 7) is 4.91. The highest BCUT2D eigenvalue weighted by Crippen LogP contribution is 2.33. The van der Waals surface area contributed by atoms with Crippen LogP contribution in [-0.2, 0) is 37.3 Å². The van der Waals surface area contributed by atoms with Gasteiger partial charge in [0, 0.05) is 13.1 Å². The molecule has 11 nitrogen and oxygen atoms in total. The molecule has 5 rings (SSSR count). The van der Waals surface area contributed by atoms with Crippen LogP contribution in [-0.4, -0.2) is 81.9 Å². The SMILES string of the molecule is COc1ccc(S(=O)(=O)N(CC(C)C)C[C@@H](O)[C@H](Cc2ccc(OCc3ccccc3)cc2)NC(=O)O[C@H]2CO[C@H]3OCC[C@H]32)cc1. The number of alkyl carbamates (subject to hydrolysis) is 1. The molecule has 1 amide bonds. The molecule has 2 saturated heterocycles. The fraction of sp³-hybridized carbons (Fsp3) is 0.457. The number of carbonyl (C=O) groups is 1. The van der Waals surface area contributed by atoms with E-state index in [2.05, 4.69) is 5.32 Å². The molecule has 254 valence electrons. The molecule has 2 fully saturated rings. The van der Waals surface area contributed by atoms with E-state index in [9.17, 15) is 18.3 Å². The van der Waals surface area contributed by atoms with Gasteiger partial charge in [-0.2, -0.15) is 4.31 Å². The first-order chi connectivity index (χ1) is 22.6. The maximum Gasteiger partial charge on any atom is 0.407 e. The molecular formula is C35H44N2O9S. The number of rotatable bonds is 15. The van der Waals surface area contributed by atoms with Gasteiger partial charge in [0.25, 0.3) is 0 Å². The summed E-state index contributed by atoms with van der Waals surface area (Å²) >= 11 is 0. The summed E-state index contributed by atoms with van der Waals surface area (Å²) < 4.78 is 56.8. The average molecular weight is 669 g/mol. The fourth-order valence-corrected chi connectivity index (χ4v) is 7.40. The summed E-state index contributed by atoms with van der Waals surface area (Å²) in [5, 5.41) is 14.4. The van der Waals surface area contributed by atoms with E-state index in [1.807, 2.05) is 68.4 Å². The largest absolute Gasteiger partial charge is 0.497 e. The molecule has 2 aliphatic rings. The van der Waals surface area contributed by atoms with Crippen molar-refractivity contribution in [1.82, 2.24) is 9.62 Å². The van der Waals surface area contributed by atoms with Crippen molar-refractivity contribution in [3.8, 4) is 11.5 Å². The van der Waals surface area contributed by atoms with E-state index in [0.29, 0.717) is 24.7 Å². The quantitative estimate of drug-likeness (QED) is 0.242. The Balaban J connectivity index is 1.31. The van der Waals surface area contributed by atoms with Gasteiger partial charge in [-0.15, -0.1) is 0 Å². The van der Waals surface area contributed by atoms with E-state index in [1.54, 1.807) is 12.1 Å². The molecule has 5 atom stereocenters. The second-order valence-electron chi connectivity index (χ2n) is 12.3. The van der Waals surface area contributed by atoms with E-state index in [-0.39, 0.29) is 49.1 Å². The Labute approximate surface area is 276 Å². The number of aliphatic hydroxyl groups excluding tert-OH is 1. The minimum Gasteiger partial charge on any atom is -0.497 e. The van der Waals surface area contributed by atoms with Crippen LogP contribution in [0.4, 0.5) is 4.79 Å². The highest BCUT2D eigenvalue weighted by atomic mass is 32.2. The summed E-state index contributed by atoms with van der Waals surface area (Å²) in [7, 11) is -2.48. The van der Waals surface area contributed by atoms with Gasteiger partial charge in [0.2, 0.25) is 10.0 Å². The third-order valence-electron chi connectivity index (χ3n) is 8.30. The highest BCUT2D eigenvalue weighted by molar-refractivity contribution is 7.89. The van der Waals surface area contributed by atoms with Crippen LogP contribution >= 0.6 is 0 Å². The Kier molecular flexibility index (Phi) is 11.8. The molecule has 3 aromatic rings. The molecule has 0 unspecified atom stereocenters. The maximum absolute atomic E-state index is 13.8. The molecule has 2 heterocycles. The lowest BCUT2D eigenvalue weighted by Crippen LogP contribution is -2.51. The number of benzene rings is 3. The summed E-state index contributed by atoms with van der Waals surface area (Å²) in [5.41, 5.74) is 1.85. The van der Waals surface area contributed by atoms with Crippen molar-refractivity contribution >= 4 is 16.1 Å². The number of sulfonamides is 1. The zero-order valence-corrected chi connectivity index (χ0v) is 27.8. The van der Waals surface area contributed by atoms with E-state index < -0.39 is 34.4 Å². The number of fused-ring (bicyclic) bond motifs is 1. The minimum absolute atomic E-state index is 0.0287. The lowest BCUT2D eigenvalue weighted by molar-refractivity contribution is -0.0907. The number of ether oxygens (including phenoxy) is 5. The van der Waals surface area contributed by atoms with Crippen LogP contribution in [0, 0.1) is 11.8 Å². The Morgan fingerprint density at radius 1 is 0.957 bits per heavy atom. The molecule has 3 aromatic carbocycles. The summed E-state index contributed by atoms with van der Waals surface area (Å²) in [4.78, 5) is 13.3. The van der Waals surface area contributed by atoms with Crippen LogP contribution in [0.15, 0.2) is 83.8 Å². The zero-order chi connectivity index (χ0) is 33.4. The Morgan fingerprint density at radius 2 is 1.66 bits per heavy atom. The smallest absolute Gasteiger partial charge is 0.407 e. The number of hydrogen-bond donors (Lipinski definition) is 2. The standard InChI is InChI=1S/C35H44N2O9S/c1-24(2)20-37(47(40,41)29-15-13-27(42-3)14-16-29)21-32(38)31(36-35(39)46-33-23-45-34-30(33)17-18-43-34)19-25-9-11-28(12-10-25)44-22-26-7-5-4-6-8-26/h4-16,24,30-34,38H,17-23H2,1-3H3,(H,36,39)/t30-,31-,32+,33-,34+/m0/s1. The number of aliphatic hydroxyl groups is 1. The minimum atomic E-state index is -3.99. The Hall–Kier alpha value is -3.68. The molecule has 2 aliphatic heterocycles. The summed E-state index contributed by atoms with van der Waals surface area (Å²) in [5.74, 6) is 1.12. The molecule has 0 spiro atoms. The van der Waals surface area contributed by atoms with Crippen molar-refractivity contribution in [2.75, 3.05) is 33.4 Å². The van der Waals surface area contributed by atoms with E-state index in [0.717, 1.165) is 17.5 Å². The molecule has 0 aliphatic carbocycles. The van der Waals surface area contributed by atoms with Crippen LogP contribution < -0.4 is 14.8 Å². The van der Waals surface area contributed by atoms with Crippen LogP contribution in [0.3, 0.4) is 0 Å². The number of methoxy groups -OCH3 is 1. The summed E-state index contributed by atoms with van der Waals surface area (Å²) in [6, 6.07) is 22.4. The van der Waals surface area contributed by atoms with Gasteiger partial charge in [-0.3, -0.25) is 0 Å². The predicted molar refractivity (Wildman–Crippen MR) is 175 cm³/mol. The van der Waals surface area contributed by atoms with Gasteiger partial charge in [0.15, 0.2) is 6.29 Å². The highest BCUT2D eigenvalue weighted by Gasteiger charge is 2.44. The first kappa shape index (κ1) is 34.6. The molecule has 2 N–H and O–H groups in total. The molecule has 0 bridgehead atoms. The molecule has 0 saturated carbocycles. The van der Waals surface area contributed by atoms with E-state index in [4.69, 9.17) is 23.7 Å². The Morgan fingerprint density at radius 3 is 2.34 bits per heavy atom. The van der Waals surface area contributed by atoms with Crippen molar-refractivity contribution in [2.45, 2.75) is 62.7 Å². The van der Waals surface area contributed by atoms with Crippen LogP contribution in [0.1, 0.15) is 31.4 Å². The first-order valence-electron chi connectivity index (χ1n) is 15.9. The van der Waals surface area contributed by atoms with E-state index >= 15 is 0 Å². The van der Waals surface area contributed by atoms with Crippen LogP contribution in [0.25, 0.3) is 0 Å². The maximum atomic E-state index is 13.8. The Bertz CT molecular complexity index is 1540. The zero-order valence-electron chi connectivity index (χ0n) is 27.0. The third-order valence-corrected chi connectivity index (χ3v) is 10.1. The van der Waals surface area contributed by atoms with Gasteiger partial charge in [0.05, 0.1) is 43.3 Å². The third kappa shape index (κ3) is 9.23. The van der Waals surface area contributed by atoms with E-state index in [1.165, 1.54) is 23.5 Å². The normalized spacial score (nSPS) is 20.5. The number of carbonyl (C=O) groups excluding carboxylic acids is 1. The second-order valence-corrected chi connectivity index (χ2v) is 14.2. The number of nitrogens with zero attached hydrogens (tertiary/aromatic N) is 1. The van der Waals surface area contributed by atoms with Gasteiger partial charge in [0.1, 0.15) is 24.2 Å². The van der Waals surface area contributed by atoms with Crippen molar-refractivity contribution < 1.29 is 42.0 Å². The number of hydrogen-bond acceptors (Lipinski definition) is 9.